The summed E-state index contributed by atoms with van der Waals surface area (Å²) in [6, 6.07) is 0.293. The number of rotatable bonds is 8. The largest absolute Gasteiger partial charge is 0.366 e. The molecule has 0 amide bonds. The van der Waals surface area contributed by atoms with Crippen LogP contribution in [0, 0.1) is 0 Å². The van der Waals surface area contributed by atoms with Gasteiger partial charge >= 0.3 is 0 Å². The second-order valence-electron chi connectivity index (χ2n) is 4.61. The van der Waals surface area contributed by atoms with Gasteiger partial charge in [0.2, 0.25) is 0 Å². The maximum atomic E-state index is 11.4. The van der Waals surface area contributed by atoms with Crippen molar-refractivity contribution in [3.8, 4) is 0 Å². The van der Waals surface area contributed by atoms with Gasteiger partial charge in [-0.1, -0.05) is 13.8 Å². The van der Waals surface area contributed by atoms with Crippen molar-refractivity contribution in [1.82, 2.24) is 14.9 Å². The summed E-state index contributed by atoms with van der Waals surface area (Å²) in [5.74, 6) is 0.610. The van der Waals surface area contributed by atoms with E-state index in [2.05, 4.69) is 56.9 Å². The van der Waals surface area contributed by atoms with Crippen LogP contribution in [0.15, 0.2) is 15.6 Å². The molecule has 5 nitrogen and oxygen atoms in total. The van der Waals surface area contributed by atoms with E-state index < -0.39 is 0 Å². The summed E-state index contributed by atoms with van der Waals surface area (Å²) < 4.78 is 0.464. The highest BCUT2D eigenvalue weighted by Gasteiger charge is 2.09. The quantitative estimate of drug-likeness (QED) is 0.768. The molecule has 0 aromatic carbocycles. The number of aromatic nitrogens is 2. The molecule has 1 aromatic rings. The lowest BCUT2D eigenvalue weighted by molar-refractivity contribution is 0.295. The smallest absolute Gasteiger partial charge is 0.267 e. The number of anilines is 1. The minimum atomic E-state index is -0.159. The van der Waals surface area contributed by atoms with Crippen molar-refractivity contribution in [3.05, 3.63) is 21.2 Å². The minimum Gasteiger partial charge on any atom is -0.366 e. The third-order valence-corrected chi connectivity index (χ3v) is 3.92. The summed E-state index contributed by atoms with van der Waals surface area (Å²) in [7, 11) is 0. The fraction of sp³-hybridized carbons (Fsp3) is 0.692. The molecule has 0 spiro atoms. The van der Waals surface area contributed by atoms with Crippen LogP contribution in [-0.2, 0) is 0 Å². The van der Waals surface area contributed by atoms with Crippen molar-refractivity contribution in [1.29, 1.82) is 0 Å². The van der Waals surface area contributed by atoms with Crippen LogP contribution in [0.4, 0.5) is 5.82 Å². The van der Waals surface area contributed by atoms with E-state index in [1.165, 1.54) is 6.33 Å². The van der Waals surface area contributed by atoms with E-state index in [9.17, 15) is 4.79 Å². The van der Waals surface area contributed by atoms with Crippen LogP contribution >= 0.6 is 15.9 Å². The normalized spacial score (nSPS) is 12.7. The van der Waals surface area contributed by atoms with E-state index in [-0.39, 0.29) is 5.56 Å². The van der Waals surface area contributed by atoms with E-state index >= 15 is 0 Å². The molecule has 0 saturated heterocycles. The van der Waals surface area contributed by atoms with Gasteiger partial charge in [0.1, 0.15) is 10.3 Å². The molecule has 19 heavy (non-hydrogen) atoms. The Kier molecular flexibility index (Phi) is 7.09. The highest BCUT2D eigenvalue weighted by molar-refractivity contribution is 9.10. The molecule has 1 heterocycles. The van der Waals surface area contributed by atoms with Crippen LogP contribution in [0.2, 0.25) is 0 Å². The van der Waals surface area contributed by atoms with Gasteiger partial charge in [-0.05, 0) is 55.3 Å². The third kappa shape index (κ3) is 5.32. The number of hydrogen-bond acceptors (Lipinski definition) is 4. The first-order valence-corrected chi connectivity index (χ1v) is 7.59. The molecular formula is C13H23BrN4O. The lowest BCUT2D eigenvalue weighted by Crippen LogP contribution is -2.26. The number of nitrogens with zero attached hydrogens (tertiary/aromatic N) is 2. The van der Waals surface area contributed by atoms with Gasteiger partial charge in [-0.2, -0.15) is 0 Å². The van der Waals surface area contributed by atoms with Crippen molar-refractivity contribution >= 4 is 21.7 Å². The zero-order chi connectivity index (χ0) is 14.3. The number of halogens is 1. The average Bonchev–Trinajstić information content (AvgIpc) is 2.40. The van der Waals surface area contributed by atoms with Crippen molar-refractivity contribution < 1.29 is 0 Å². The standard InChI is InChI=1S/C13H23BrN4O/c1-4-18(5-2)8-6-7-10(3)17-12-11(14)13(19)16-9-15-12/h9-10H,4-8H2,1-3H3,(H2,15,16,17,19). The van der Waals surface area contributed by atoms with Gasteiger partial charge in [-0.3, -0.25) is 4.79 Å². The van der Waals surface area contributed by atoms with Crippen LogP contribution in [-0.4, -0.2) is 40.5 Å². The van der Waals surface area contributed by atoms with E-state index in [0.29, 0.717) is 16.3 Å². The second kappa shape index (κ2) is 8.32. The Labute approximate surface area is 122 Å². The first-order chi connectivity index (χ1) is 9.08. The van der Waals surface area contributed by atoms with Crippen molar-refractivity contribution in [3.63, 3.8) is 0 Å². The lowest BCUT2D eigenvalue weighted by Gasteiger charge is -2.20. The highest BCUT2D eigenvalue weighted by Crippen LogP contribution is 2.15. The summed E-state index contributed by atoms with van der Waals surface area (Å²) in [4.78, 5) is 20.5. The number of aromatic amines is 1. The van der Waals surface area contributed by atoms with Gasteiger partial charge in [-0.15, -0.1) is 0 Å². The third-order valence-electron chi connectivity index (χ3n) is 3.19. The Bertz CT molecular complexity index is 431. The Hall–Kier alpha value is -0.880. The first-order valence-electron chi connectivity index (χ1n) is 6.80. The maximum Gasteiger partial charge on any atom is 0.267 e. The second-order valence-corrected chi connectivity index (χ2v) is 5.40. The van der Waals surface area contributed by atoms with Crippen molar-refractivity contribution in [2.75, 3.05) is 25.0 Å². The molecule has 0 aliphatic carbocycles. The van der Waals surface area contributed by atoms with Gasteiger partial charge in [0.25, 0.3) is 5.56 Å². The highest BCUT2D eigenvalue weighted by atomic mass is 79.9. The minimum absolute atomic E-state index is 0.159. The van der Waals surface area contributed by atoms with Gasteiger partial charge in [0, 0.05) is 6.04 Å². The number of hydrogen-bond donors (Lipinski definition) is 2. The molecule has 0 fully saturated rings. The van der Waals surface area contributed by atoms with Gasteiger partial charge < -0.3 is 15.2 Å². The average molecular weight is 331 g/mol. The molecule has 0 saturated carbocycles. The Morgan fingerprint density at radius 2 is 2.16 bits per heavy atom. The fourth-order valence-electron chi connectivity index (χ4n) is 1.95. The fourth-order valence-corrected chi connectivity index (χ4v) is 2.28. The SMILES string of the molecule is CCN(CC)CCCC(C)Nc1nc[nH]c(=O)c1Br. The van der Waals surface area contributed by atoms with Gasteiger partial charge in [0.15, 0.2) is 0 Å². The predicted octanol–water partition coefficient (Wildman–Crippen LogP) is 2.45. The maximum absolute atomic E-state index is 11.4. The van der Waals surface area contributed by atoms with E-state index in [0.717, 1.165) is 32.5 Å². The van der Waals surface area contributed by atoms with Crippen LogP contribution < -0.4 is 10.9 Å². The summed E-state index contributed by atoms with van der Waals surface area (Å²) in [6.07, 6.45) is 3.60. The molecule has 0 aliphatic rings. The van der Waals surface area contributed by atoms with Crippen LogP contribution in [0.3, 0.4) is 0 Å². The van der Waals surface area contributed by atoms with Crippen molar-refractivity contribution in [2.24, 2.45) is 0 Å². The molecule has 0 bridgehead atoms. The number of nitrogens with one attached hydrogen (secondary N) is 2. The molecule has 1 unspecified atom stereocenters. The molecule has 0 radical (unpaired) electrons. The molecular weight excluding hydrogens is 308 g/mol. The first kappa shape index (κ1) is 16.2. The monoisotopic (exact) mass is 330 g/mol. The molecule has 1 aromatic heterocycles. The summed E-state index contributed by atoms with van der Waals surface area (Å²) in [6.45, 7) is 9.78. The lowest BCUT2D eigenvalue weighted by atomic mass is 10.1. The molecule has 0 aliphatic heterocycles. The molecule has 108 valence electrons. The predicted molar refractivity (Wildman–Crippen MR) is 82.7 cm³/mol. The van der Waals surface area contributed by atoms with Crippen molar-refractivity contribution in [2.45, 2.75) is 39.7 Å². The van der Waals surface area contributed by atoms with Crippen LogP contribution in [0.25, 0.3) is 0 Å². The zero-order valence-corrected chi connectivity index (χ0v) is 13.5. The molecule has 2 N–H and O–H groups in total. The van der Waals surface area contributed by atoms with E-state index in [4.69, 9.17) is 0 Å². The Balaban J connectivity index is 2.41. The summed E-state index contributed by atoms with van der Waals surface area (Å²) >= 11 is 3.25. The summed E-state index contributed by atoms with van der Waals surface area (Å²) in [5, 5.41) is 3.26. The zero-order valence-electron chi connectivity index (χ0n) is 11.9. The van der Waals surface area contributed by atoms with E-state index in [1.54, 1.807) is 0 Å². The Morgan fingerprint density at radius 1 is 1.47 bits per heavy atom. The van der Waals surface area contributed by atoms with Gasteiger partial charge in [0.05, 0.1) is 6.33 Å². The summed E-state index contributed by atoms with van der Waals surface area (Å²) in [5.41, 5.74) is -0.159. The Morgan fingerprint density at radius 3 is 2.79 bits per heavy atom. The van der Waals surface area contributed by atoms with Gasteiger partial charge in [-0.25, -0.2) is 4.98 Å². The molecule has 6 heteroatoms. The topological polar surface area (TPSA) is 61.0 Å². The molecule has 1 rings (SSSR count). The molecule has 1 atom stereocenters. The van der Waals surface area contributed by atoms with E-state index in [1.807, 2.05) is 0 Å². The number of H-pyrrole nitrogens is 1. The van der Waals surface area contributed by atoms with Crippen LogP contribution in [0.5, 0.6) is 0 Å². The van der Waals surface area contributed by atoms with Crippen LogP contribution in [0.1, 0.15) is 33.6 Å².